The van der Waals surface area contributed by atoms with Gasteiger partial charge in [-0.25, -0.2) is 0 Å². The van der Waals surface area contributed by atoms with E-state index in [1.807, 2.05) is 30.3 Å². The average molecular weight is 207 g/mol. The van der Waals surface area contributed by atoms with Crippen molar-refractivity contribution in [2.24, 2.45) is 0 Å². The summed E-state index contributed by atoms with van der Waals surface area (Å²) in [6.07, 6.45) is 5.06. The molecule has 0 spiro atoms. The highest BCUT2D eigenvalue weighted by Gasteiger charge is 2.00. The van der Waals surface area contributed by atoms with Crippen LogP contribution in [-0.4, -0.2) is 0 Å². The van der Waals surface area contributed by atoms with Crippen molar-refractivity contribution < 1.29 is 4.42 Å². The lowest BCUT2D eigenvalue weighted by Gasteiger charge is -1.87. The van der Waals surface area contributed by atoms with Gasteiger partial charge in [-0.1, -0.05) is 24.6 Å². The molecular formula is C12H11ClO. The Morgan fingerprint density at radius 1 is 1.36 bits per heavy atom. The molecule has 0 fully saturated rings. The summed E-state index contributed by atoms with van der Waals surface area (Å²) in [6.45, 7) is 2.09. The number of halogens is 1. The van der Waals surface area contributed by atoms with E-state index in [0.717, 1.165) is 28.2 Å². The Morgan fingerprint density at radius 3 is 3.00 bits per heavy atom. The third kappa shape index (κ3) is 1.83. The van der Waals surface area contributed by atoms with Crippen molar-refractivity contribution in [2.45, 2.75) is 13.3 Å². The minimum atomic E-state index is 0.740. The normalized spacial score (nSPS) is 11.6. The molecule has 0 amide bonds. The van der Waals surface area contributed by atoms with Gasteiger partial charge in [-0.3, -0.25) is 0 Å². The maximum atomic E-state index is 5.87. The minimum Gasteiger partial charge on any atom is -0.457 e. The molecule has 1 aromatic carbocycles. The van der Waals surface area contributed by atoms with Gasteiger partial charge in [0.15, 0.2) is 0 Å². The number of benzene rings is 1. The van der Waals surface area contributed by atoms with Gasteiger partial charge in [0.25, 0.3) is 0 Å². The van der Waals surface area contributed by atoms with Gasteiger partial charge in [-0.05, 0) is 36.8 Å². The second-order valence-electron chi connectivity index (χ2n) is 3.14. The van der Waals surface area contributed by atoms with Gasteiger partial charge in [0.1, 0.15) is 11.3 Å². The highest BCUT2D eigenvalue weighted by molar-refractivity contribution is 6.31. The summed E-state index contributed by atoms with van der Waals surface area (Å²) in [5.41, 5.74) is 0.880. The molecule has 2 rings (SSSR count). The topological polar surface area (TPSA) is 13.1 Å². The summed E-state index contributed by atoms with van der Waals surface area (Å²) in [5, 5.41) is 1.79. The standard InChI is InChI=1S/C12H11ClO/c1-2-3-4-11-8-9-7-10(13)5-6-12(9)14-11/h3-8H,2H2,1H3. The van der Waals surface area contributed by atoms with Crippen LogP contribution in [-0.2, 0) is 0 Å². The van der Waals surface area contributed by atoms with Crippen molar-refractivity contribution in [3.05, 3.63) is 41.1 Å². The number of hydrogen-bond acceptors (Lipinski definition) is 1. The molecule has 0 atom stereocenters. The van der Waals surface area contributed by atoms with Gasteiger partial charge < -0.3 is 4.42 Å². The second-order valence-corrected chi connectivity index (χ2v) is 3.58. The molecule has 14 heavy (non-hydrogen) atoms. The van der Waals surface area contributed by atoms with Crippen LogP contribution in [0.5, 0.6) is 0 Å². The van der Waals surface area contributed by atoms with Crippen LogP contribution in [0.4, 0.5) is 0 Å². The van der Waals surface area contributed by atoms with Crippen LogP contribution in [0.25, 0.3) is 17.0 Å². The molecule has 2 heteroatoms. The number of furan rings is 1. The van der Waals surface area contributed by atoms with Crippen LogP contribution >= 0.6 is 11.6 Å². The first-order valence-corrected chi connectivity index (χ1v) is 5.03. The molecule has 0 saturated heterocycles. The van der Waals surface area contributed by atoms with Crippen molar-refractivity contribution in [2.75, 3.05) is 0 Å². The minimum absolute atomic E-state index is 0.740. The molecular weight excluding hydrogens is 196 g/mol. The van der Waals surface area contributed by atoms with E-state index in [4.69, 9.17) is 16.0 Å². The number of allylic oxidation sites excluding steroid dienone is 1. The maximum Gasteiger partial charge on any atom is 0.134 e. The summed E-state index contributed by atoms with van der Waals surface area (Å²) >= 11 is 5.87. The average Bonchev–Trinajstić information content (AvgIpc) is 2.56. The first kappa shape index (κ1) is 9.35. The lowest BCUT2D eigenvalue weighted by atomic mass is 10.2. The van der Waals surface area contributed by atoms with E-state index in [1.54, 1.807) is 0 Å². The number of fused-ring (bicyclic) bond motifs is 1. The summed E-state index contributed by atoms with van der Waals surface area (Å²) in [4.78, 5) is 0. The van der Waals surface area contributed by atoms with Crippen molar-refractivity contribution in [1.29, 1.82) is 0 Å². The van der Waals surface area contributed by atoms with Gasteiger partial charge in [0.2, 0.25) is 0 Å². The quantitative estimate of drug-likeness (QED) is 0.705. The van der Waals surface area contributed by atoms with E-state index in [9.17, 15) is 0 Å². The van der Waals surface area contributed by atoms with Crippen LogP contribution < -0.4 is 0 Å². The Morgan fingerprint density at radius 2 is 2.21 bits per heavy atom. The largest absolute Gasteiger partial charge is 0.457 e. The molecule has 1 aromatic heterocycles. The van der Waals surface area contributed by atoms with Crippen LogP contribution in [0.2, 0.25) is 5.02 Å². The molecule has 0 radical (unpaired) electrons. The zero-order chi connectivity index (χ0) is 9.97. The Hall–Kier alpha value is -1.21. The predicted molar refractivity (Wildman–Crippen MR) is 60.5 cm³/mol. The molecule has 0 aliphatic rings. The lowest BCUT2D eigenvalue weighted by Crippen LogP contribution is -1.62. The SMILES string of the molecule is CCC=Cc1cc2cc(Cl)ccc2o1. The molecule has 0 aliphatic heterocycles. The van der Waals surface area contributed by atoms with E-state index in [1.165, 1.54) is 0 Å². The smallest absolute Gasteiger partial charge is 0.134 e. The fraction of sp³-hybridized carbons (Fsp3) is 0.167. The van der Waals surface area contributed by atoms with Gasteiger partial charge >= 0.3 is 0 Å². The predicted octanol–water partition coefficient (Wildman–Crippen LogP) is 4.51. The molecule has 0 N–H and O–H groups in total. The van der Waals surface area contributed by atoms with Crippen LogP contribution in [0.1, 0.15) is 19.1 Å². The first-order chi connectivity index (χ1) is 6.79. The highest BCUT2D eigenvalue weighted by atomic mass is 35.5. The van der Waals surface area contributed by atoms with Gasteiger partial charge in [0, 0.05) is 10.4 Å². The van der Waals surface area contributed by atoms with E-state index < -0.39 is 0 Å². The fourth-order valence-electron chi connectivity index (χ4n) is 1.35. The summed E-state index contributed by atoms with van der Waals surface area (Å²) in [6, 6.07) is 7.62. The van der Waals surface area contributed by atoms with Crippen LogP contribution in [0, 0.1) is 0 Å². The Balaban J connectivity index is 2.46. The van der Waals surface area contributed by atoms with Gasteiger partial charge in [-0.15, -0.1) is 0 Å². The molecule has 0 saturated carbocycles. The molecule has 0 bridgehead atoms. The summed E-state index contributed by atoms with van der Waals surface area (Å²) in [5.74, 6) is 0.879. The third-order valence-electron chi connectivity index (χ3n) is 2.02. The van der Waals surface area contributed by atoms with Crippen molar-refractivity contribution in [3.8, 4) is 0 Å². The Labute approximate surface area is 88.0 Å². The second kappa shape index (κ2) is 3.89. The van der Waals surface area contributed by atoms with Crippen LogP contribution in [0.15, 0.2) is 34.8 Å². The highest BCUT2D eigenvalue weighted by Crippen LogP contribution is 2.23. The van der Waals surface area contributed by atoms with Crippen molar-refractivity contribution in [3.63, 3.8) is 0 Å². The summed E-state index contributed by atoms with van der Waals surface area (Å²) < 4.78 is 5.58. The van der Waals surface area contributed by atoms with Crippen molar-refractivity contribution in [1.82, 2.24) is 0 Å². The van der Waals surface area contributed by atoms with Gasteiger partial charge in [0.05, 0.1) is 0 Å². The number of rotatable bonds is 2. The molecule has 2 aromatic rings. The molecule has 0 unspecified atom stereocenters. The lowest BCUT2D eigenvalue weighted by molar-refractivity contribution is 0.604. The zero-order valence-electron chi connectivity index (χ0n) is 7.96. The maximum absolute atomic E-state index is 5.87. The number of hydrogen-bond donors (Lipinski definition) is 0. The van der Waals surface area contributed by atoms with Crippen LogP contribution in [0.3, 0.4) is 0 Å². The molecule has 0 aliphatic carbocycles. The van der Waals surface area contributed by atoms with E-state index in [2.05, 4.69) is 13.0 Å². The monoisotopic (exact) mass is 206 g/mol. The zero-order valence-corrected chi connectivity index (χ0v) is 8.71. The van der Waals surface area contributed by atoms with E-state index in [-0.39, 0.29) is 0 Å². The van der Waals surface area contributed by atoms with E-state index >= 15 is 0 Å². The first-order valence-electron chi connectivity index (χ1n) is 4.65. The Kier molecular flexibility index (Phi) is 2.60. The Bertz CT molecular complexity index is 468. The van der Waals surface area contributed by atoms with E-state index in [0.29, 0.717) is 0 Å². The summed E-state index contributed by atoms with van der Waals surface area (Å²) in [7, 11) is 0. The van der Waals surface area contributed by atoms with Crippen molar-refractivity contribution >= 4 is 28.6 Å². The molecule has 1 heterocycles. The van der Waals surface area contributed by atoms with Gasteiger partial charge in [-0.2, -0.15) is 0 Å². The molecule has 1 nitrogen and oxygen atoms in total. The molecule has 72 valence electrons. The fourth-order valence-corrected chi connectivity index (χ4v) is 1.53. The third-order valence-corrected chi connectivity index (χ3v) is 2.25.